The van der Waals surface area contributed by atoms with E-state index in [4.69, 9.17) is 0 Å². The first-order valence-corrected chi connectivity index (χ1v) is 4.49. The van der Waals surface area contributed by atoms with Crippen LogP contribution in [0.2, 0.25) is 0 Å². The Morgan fingerprint density at radius 3 is 2.33 bits per heavy atom. The van der Waals surface area contributed by atoms with Gasteiger partial charge in [0.25, 0.3) is 0 Å². The lowest BCUT2D eigenvalue weighted by Crippen LogP contribution is -2.27. The van der Waals surface area contributed by atoms with Gasteiger partial charge in [-0.05, 0) is 13.3 Å². The van der Waals surface area contributed by atoms with E-state index in [1.807, 2.05) is 24.3 Å². The summed E-state index contributed by atoms with van der Waals surface area (Å²) in [7, 11) is 0. The van der Waals surface area contributed by atoms with Gasteiger partial charge in [-0.2, -0.15) is 0 Å². The van der Waals surface area contributed by atoms with E-state index in [9.17, 15) is 4.79 Å². The molecule has 2 heteroatoms. The number of allylic oxidation sites excluding steroid dienone is 4. The minimum absolute atomic E-state index is 0.160. The fraction of sp³-hybridized carbons (Fsp3) is 0.300. The largest absolute Gasteiger partial charge is 0.298 e. The van der Waals surface area contributed by atoms with Gasteiger partial charge >= 0.3 is 0 Å². The molecule has 0 radical (unpaired) electrons. The van der Waals surface area contributed by atoms with Crippen LogP contribution in [0.15, 0.2) is 37.5 Å². The number of alkyl halides is 1. The van der Waals surface area contributed by atoms with Crippen molar-refractivity contribution in [3.8, 4) is 0 Å². The second kappa shape index (κ2) is 5.09. The van der Waals surface area contributed by atoms with Crippen molar-refractivity contribution in [1.82, 2.24) is 0 Å². The van der Waals surface area contributed by atoms with Crippen molar-refractivity contribution in [3.05, 3.63) is 37.5 Å². The first-order chi connectivity index (χ1) is 5.65. The van der Waals surface area contributed by atoms with Gasteiger partial charge in [0.15, 0.2) is 5.78 Å². The standard InChI is InChI=1S/C8H9BrO.C2H4/c1-7(10)8(9)5-3-2-4-6-8;1-2/h2-5H,6H2,1H3;1-2H2. The zero-order chi connectivity index (χ0) is 9.61. The lowest BCUT2D eigenvalue weighted by atomic mass is 9.97. The molecule has 0 amide bonds. The Balaban J connectivity index is 0.000000561. The Bertz CT molecular complexity index is 218. The second-order valence-electron chi connectivity index (χ2n) is 2.41. The number of hydrogen-bond acceptors (Lipinski definition) is 1. The molecule has 0 bridgehead atoms. The highest BCUT2D eigenvalue weighted by Crippen LogP contribution is 2.28. The molecule has 1 aliphatic carbocycles. The molecule has 0 saturated carbocycles. The van der Waals surface area contributed by atoms with Gasteiger partial charge in [0.2, 0.25) is 0 Å². The fourth-order valence-electron chi connectivity index (χ4n) is 0.855. The topological polar surface area (TPSA) is 17.1 Å². The molecule has 0 fully saturated rings. The Kier molecular flexibility index (Phi) is 4.83. The molecule has 0 heterocycles. The Labute approximate surface area is 82.0 Å². The summed E-state index contributed by atoms with van der Waals surface area (Å²) in [6, 6.07) is 0. The fourth-order valence-corrected chi connectivity index (χ4v) is 1.19. The van der Waals surface area contributed by atoms with Crippen LogP contribution in [0.25, 0.3) is 0 Å². The predicted octanol–water partition coefficient (Wildman–Crippen LogP) is 3.03. The van der Waals surface area contributed by atoms with E-state index in [1.165, 1.54) is 0 Å². The molecule has 1 rings (SSSR count). The van der Waals surface area contributed by atoms with Gasteiger partial charge in [-0.25, -0.2) is 0 Å². The van der Waals surface area contributed by atoms with Gasteiger partial charge < -0.3 is 0 Å². The highest BCUT2D eigenvalue weighted by Gasteiger charge is 2.28. The molecule has 0 N–H and O–H groups in total. The van der Waals surface area contributed by atoms with Crippen LogP contribution in [-0.2, 0) is 4.79 Å². The molecular formula is C10H13BrO. The molecule has 0 saturated heterocycles. The molecule has 0 aliphatic heterocycles. The molecular weight excluding hydrogens is 216 g/mol. The molecule has 1 aliphatic rings. The van der Waals surface area contributed by atoms with Crippen LogP contribution >= 0.6 is 15.9 Å². The van der Waals surface area contributed by atoms with Crippen LogP contribution < -0.4 is 0 Å². The van der Waals surface area contributed by atoms with Crippen molar-refractivity contribution in [2.45, 2.75) is 17.7 Å². The average molecular weight is 229 g/mol. The van der Waals surface area contributed by atoms with E-state index in [0.717, 1.165) is 6.42 Å². The van der Waals surface area contributed by atoms with Crippen LogP contribution in [0.3, 0.4) is 0 Å². The summed E-state index contributed by atoms with van der Waals surface area (Å²) >= 11 is 3.37. The van der Waals surface area contributed by atoms with Crippen molar-refractivity contribution in [3.63, 3.8) is 0 Å². The molecule has 1 atom stereocenters. The SMILES string of the molecule is C=C.CC(=O)C1(Br)C=CC=CC1. The minimum Gasteiger partial charge on any atom is -0.298 e. The van der Waals surface area contributed by atoms with Gasteiger partial charge in [-0.1, -0.05) is 40.2 Å². The lowest BCUT2D eigenvalue weighted by molar-refractivity contribution is -0.118. The number of carbonyl (C=O) groups excluding carboxylic acids is 1. The van der Waals surface area contributed by atoms with Gasteiger partial charge in [0.05, 0.1) is 0 Å². The summed E-state index contributed by atoms with van der Waals surface area (Å²) in [5.41, 5.74) is 0. The zero-order valence-corrected chi connectivity index (χ0v) is 8.80. The summed E-state index contributed by atoms with van der Waals surface area (Å²) in [6.45, 7) is 7.60. The van der Waals surface area contributed by atoms with Crippen molar-refractivity contribution in [2.75, 3.05) is 0 Å². The monoisotopic (exact) mass is 228 g/mol. The number of carbonyl (C=O) groups is 1. The van der Waals surface area contributed by atoms with E-state index >= 15 is 0 Å². The smallest absolute Gasteiger partial charge is 0.150 e. The number of hydrogen-bond donors (Lipinski definition) is 0. The Morgan fingerprint density at radius 2 is 2.08 bits per heavy atom. The molecule has 0 spiro atoms. The number of halogens is 1. The lowest BCUT2D eigenvalue weighted by Gasteiger charge is -2.19. The van der Waals surface area contributed by atoms with Crippen molar-refractivity contribution in [2.24, 2.45) is 0 Å². The normalized spacial score (nSPS) is 25.8. The van der Waals surface area contributed by atoms with Crippen LogP contribution in [-0.4, -0.2) is 10.1 Å². The highest BCUT2D eigenvalue weighted by atomic mass is 79.9. The van der Waals surface area contributed by atoms with Crippen LogP contribution in [0.1, 0.15) is 13.3 Å². The van der Waals surface area contributed by atoms with Crippen molar-refractivity contribution >= 4 is 21.7 Å². The first kappa shape index (κ1) is 11.4. The molecule has 66 valence electrons. The maximum absolute atomic E-state index is 11.0. The summed E-state index contributed by atoms with van der Waals surface area (Å²) < 4.78 is -0.415. The van der Waals surface area contributed by atoms with Crippen LogP contribution in [0, 0.1) is 0 Å². The van der Waals surface area contributed by atoms with E-state index in [-0.39, 0.29) is 5.78 Å². The van der Waals surface area contributed by atoms with Crippen LogP contribution in [0.5, 0.6) is 0 Å². The number of ketones is 1. The first-order valence-electron chi connectivity index (χ1n) is 3.69. The van der Waals surface area contributed by atoms with Gasteiger partial charge in [-0.3, -0.25) is 4.79 Å². The predicted molar refractivity (Wildman–Crippen MR) is 56.5 cm³/mol. The summed E-state index contributed by atoms with van der Waals surface area (Å²) in [4.78, 5) is 11.0. The van der Waals surface area contributed by atoms with Crippen molar-refractivity contribution in [1.29, 1.82) is 0 Å². The van der Waals surface area contributed by atoms with E-state index in [0.29, 0.717) is 0 Å². The average Bonchev–Trinajstić information content (AvgIpc) is 2.09. The maximum atomic E-state index is 11.0. The Morgan fingerprint density at radius 1 is 1.50 bits per heavy atom. The maximum Gasteiger partial charge on any atom is 0.150 e. The zero-order valence-electron chi connectivity index (χ0n) is 7.22. The second-order valence-corrected chi connectivity index (χ2v) is 3.83. The van der Waals surface area contributed by atoms with Gasteiger partial charge in [0, 0.05) is 0 Å². The molecule has 1 nitrogen and oxygen atoms in total. The van der Waals surface area contributed by atoms with E-state index in [2.05, 4.69) is 29.1 Å². The summed E-state index contributed by atoms with van der Waals surface area (Å²) in [6.07, 6.45) is 8.46. The molecule has 12 heavy (non-hydrogen) atoms. The number of Topliss-reactive ketones (excluding diaryl/α,β-unsaturated/α-hetero) is 1. The third kappa shape index (κ3) is 2.78. The third-order valence-corrected chi connectivity index (χ3v) is 2.75. The van der Waals surface area contributed by atoms with E-state index < -0.39 is 4.32 Å². The summed E-state index contributed by atoms with van der Waals surface area (Å²) in [5, 5.41) is 0. The van der Waals surface area contributed by atoms with E-state index in [1.54, 1.807) is 6.92 Å². The van der Waals surface area contributed by atoms with Crippen molar-refractivity contribution < 1.29 is 4.79 Å². The Hall–Kier alpha value is -0.630. The third-order valence-electron chi connectivity index (χ3n) is 1.61. The molecule has 1 unspecified atom stereocenters. The quantitative estimate of drug-likeness (QED) is 0.499. The van der Waals surface area contributed by atoms with Gasteiger partial charge in [-0.15, -0.1) is 13.2 Å². The van der Waals surface area contributed by atoms with Gasteiger partial charge in [0.1, 0.15) is 4.32 Å². The highest BCUT2D eigenvalue weighted by molar-refractivity contribution is 9.10. The summed E-state index contributed by atoms with van der Waals surface area (Å²) in [5.74, 6) is 0.160. The van der Waals surface area contributed by atoms with Crippen LogP contribution in [0.4, 0.5) is 0 Å². The molecule has 0 aromatic rings. The number of rotatable bonds is 1. The minimum atomic E-state index is -0.415. The molecule has 0 aromatic heterocycles. The molecule has 0 aromatic carbocycles.